The summed E-state index contributed by atoms with van der Waals surface area (Å²) < 4.78 is 11.0. The van der Waals surface area contributed by atoms with E-state index in [1.54, 1.807) is 25.9 Å². The number of rotatable bonds is 3. The van der Waals surface area contributed by atoms with Gasteiger partial charge in [-0.15, -0.1) is 0 Å². The quantitative estimate of drug-likeness (QED) is 0.932. The number of methoxy groups -OCH3 is 1. The summed E-state index contributed by atoms with van der Waals surface area (Å²) in [7, 11) is 1.57. The topological polar surface area (TPSA) is 64.8 Å². The van der Waals surface area contributed by atoms with Crippen molar-refractivity contribution in [3.63, 3.8) is 0 Å². The van der Waals surface area contributed by atoms with E-state index in [0.717, 1.165) is 5.56 Å². The molecule has 0 radical (unpaired) electrons. The second-order valence-electron chi connectivity index (χ2n) is 7.33. The van der Waals surface area contributed by atoms with Gasteiger partial charge in [-0.3, -0.25) is 9.69 Å². The summed E-state index contributed by atoms with van der Waals surface area (Å²) in [5.41, 5.74) is 7.05. The van der Waals surface area contributed by atoms with E-state index in [-0.39, 0.29) is 24.1 Å². The molecule has 1 atom stereocenters. The van der Waals surface area contributed by atoms with Crippen LogP contribution in [0.5, 0.6) is 5.75 Å². The van der Waals surface area contributed by atoms with E-state index in [4.69, 9.17) is 15.2 Å². The van der Waals surface area contributed by atoms with Crippen LogP contribution in [0.15, 0.2) is 18.2 Å². The average molecular weight is 306 g/mol. The van der Waals surface area contributed by atoms with Crippen LogP contribution in [-0.2, 0) is 9.53 Å². The zero-order valence-corrected chi connectivity index (χ0v) is 14.3. The number of benzene rings is 1. The van der Waals surface area contributed by atoms with Gasteiger partial charge in [0.1, 0.15) is 12.5 Å². The summed E-state index contributed by atoms with van der Waals surface area (Å²) in [5, 5.41) is 0. The van der Waals surface area contributed by atoms with Crippen LogP contribution < -0.4 is 15.4 Å². The Morgan fingerprint density at radius 1 is 1.36 bits per heavy atom. The molecule has 1 amide bonds. The van der Waals surface area contributed by atoms with Gasteiger partial charge in [0, 0.05) is 13.2 Å². The number of anilines is 1. The van der Waals surface area contributed by atoms with Gasteiger partial charge in [-0.1, -0.05) is 26.8 Å². The lowest BCUT2D eigenvalue weighted by Crippen LogP contribution is -2.53. The molecule has 0 spiro atoms. The van der Waals surface area contributed by atoms with Gasteiger partial charge in [0.05, 0.1) is 5.69 Å². The van der Waals surface area contributed by atoms with Crippen LogP contribution >= 0.6 is 0 Å². The zero-order valence-electron chi connectivity index (χ0n) is 14.3. The molecule has 22 heavy (non-hydrogen) atoms. The third kappa shape index (κ3) is 2.96. The minimum atomic E-state index is -0.904. The van der Waals surface area contributed by atoms with Crippen LogP contribution in [0.25, 0.3) is 0 Å². The molecule has 0 fully saturated rings. The predicted octanol–water partition coefficient (Wildman–Crippen LogP) is 2.84. The number of hydrogen-bond acceptors (Lipinski definition) is 4. The molecule has 0 aliphatic carbocycles. The van der Waals surface area contributed by atoms with E-state index in [0.29, 0.717) is 11.4 Å². The molecule has 1 aliphatic rings. The van der Waals surface area contributed by atoms with Crippen molar-refractivity contribution in [2.45, 2.75) is 46.3 Å². The SMILES string of the molecule is COCN1C(=O)C(C)(C)Oc2ccc(C(N)C(C)(C)C)cc21. The summed E-state index contributed by atoms with van der Waals surface area (Å²) in [5.74, 6) is 0.551. The van der Waals surface area contributed by atoms with E-state index in [9.17, 15) is 4.79 Å². The Kier molecular flexibility index (Phi) is 4.24. The molecule has 1 aliphatic heterocycles. The monoisotopic (exact) mass is 306 g/mol. The Labute approximate surface area is 132 Å². The first kappa shape index (κ1) is 16.8. The summed E-state index contributed by atoms with van der Waals surface area (Å²) in [6.45, 7) is 9.98. The highest BCUT2D eigenvalue weighted by molar-refractivity contribution is 6.02. The maximum Gasteiger partial charge on any atom is 0.272 e. The molecule has 122 valence electrons. The molecule has 1 heterocycles. The highest BCUT2D eigenvalue weighted by atomic mass is 16.5. The molecular formula is C17H26N2O3. The number of ether oxygens (including phenoxy) is 2. The fraction of sp³-hybridized carbons (Fsp3) is 0.588. The fourth-order valence-electron chi connectivity index (χ4n) is 2.54. The largest absolute Gasteiger partial charge is 0.476 e. The van der Waals surface area contributed by atoms with E-state index >= 15 is 0 Å². The van der Waals surface area contributed by atoms with Crippen molar-refractivity contribution < 1.29 is 14.3 Å². The van der Waals surface area contributed by atoms with Gasteiger partial charge in [-0.2, -0.15) is 0 Å². The van der Waals surface area contributed by atoms with Gasteiger partial charge in [-0.25, -0.2) is 0 Å². The van der Waals surface area contributed by atoms with Crippen LogP contribution in [0.3, 0.4) is 0 Å². The minimum absolute atomic E-state index is 0.0703. The van der Waals surface area contributed by atoms with Crippen molar-refractivity contribution in [2.75, 3.05) is 18.7 Å². The number of nitrogens with two attached hydrogens (primary N) is 1. The molecule has 0 bridgehead atoms. The number of fused-ring (bicyclic) bond motifs is 1. The van der Waals surface area contributed by atoms with Crippen molar-refractivity contribution >= 4 is 11.6 Å². The molecule has 1 aromatic rings. The molecule has 5 heteroatoms. The van der Waals surface area contributed by atoms with Gasteiger partial charge in [0.25, 0.3) is 5.91 Å². The zero-order chi connectivity index (χ0) is 16.7. The van der Waals surface area contributed by atoms with Crippen LogP contribution in [0.2, 0.25) is 0 Å². The standard InChI is InChI=1S/C17H26N2O3/c1-16(2,3)14(18)11-7-8-13-12(9-11)19(10-21-6)15(20)17(4,5)22-13/h7-9,14H,10,18H2,1-6H3. The van der Waals surface area contributed by atoms with Crippen molar-refractivity contribution in [3.05, 3.63) is 23.8 Å². The van der Waals surface area contributed by atoms with Crippen molar-refractivity contribution in [1.82, 2.24) is 0 Å². The number of hydrogen-bond donors (Lipinski definition) is 1. The van der Waals surface area contributed by atoms with Crippen LogP contribution in [-0.4, -0.2) is 25.3 Å². The fourth-order valence-corrected chi connectivity index (χ4v) is 2.54. The number of amides is 1. The normalized spacial score (nSPS) is 18.7. The molecule has 0 saturated heterocycles. The smallest absolute Gasteiger partial charge is 0.272 e. The summed E-state index contributed by atoms with van der Waals surface area (Å²) in [4.78, 5) is 14.2. The van der Waals surface area contributed by atoms with Gasteiger partial charge < -0.3 is 15.2 Å². The van der Waals surface area contributed by atoms with Crippen molar-refractivity contribution in [1.29, 1.82) is 0 Å². The number of nitrogens with zero attached hydrogens (tertiary/aromatic N) is 1. The lowest BCUT2D eigenvalue weighted by molar-refractivity contribution is -0.133. The van der Waals surface area contributed by atoms with Crippen molar-refractivity contribution in [2.24, 2.45) is 11.1 Å². The van der Waals surface area contributed by atoms with Gasteiger partial charge >= 0.3 is 0 Å². The third-order valence-electron chi connectivity index (χ3n) is 3.95. The maximum absolute atomic E-state index is 12.6. The first-order valence-electron chi connectivity index (χ1n) is 7.47. The van der Waals surface area contributed by atoms with Crippen molar-refractivity contribution in [3.8, 4) is 5.75 Å². The van der Waals surface area contributed by atoms with E-state index in [1.165, 1.54) is 0 Å². The summed E-state index contributed by atoms with van der Waals surface area (Å²) in [6.07, 6.45) is 0. The Balaban J connectivity index is 2.49. The molecule has 2 N–H and O–H groups in total. The molecule has 0 saturated carbocycles. The predicted molar refractivity (Wildman–Crippen MR) is 86.9 cm³/mol. The number of carbonyl (C=O) groups is 1. The molecule has 0 aromatic heterocycles. The minimum Gasteiger partial charge on any atom is -0.476 e. The Hall–Kier alpha value is -1.59. The first-order chi connectivity index (χ1) is 10.1. The molecule has 5 nitrogen and oxygen atoms in total. The molecule has 2 rings (SSSR count). The lowest BCUT2D eigenvalue weighted by atomic mass is 9.83. The molecule has 1 aromatic carbocycles. The second kappa shape index (κ2) is 5.56. The average Bonchev–Trinajstić information content (AvgIpc) is 2.41. The van der Waals surface area contributed by atoms with Crippen LogP contribution in [0, 0.1) is 5.41 Å². The highest BCUT2D eigenvalue weighted by Crippen LogP contribution is 2.41. The Morgan fingerprint density at radius 2 is 2.00 bits per heavy atom. The maximum atomic E-state index is 12.6. The Morgan fingerprint density at radius 3 is 2.55 bits per heavy atom. The van der Waals surface area contributed by atoms with E-state index in [1.807, 2.05) is 18.2 Å². The summed E-state index contributed by atoms with van der Waals surface area (Å²) >= 11 is 0. The molecular weight excluding hydrogens is 280 g/mol. The van der Waals surface area contributed by atoms with Gasteiger partial charge in [0.15, 0.2) is 5.60 Å². The Bertz CT molecular complexity index is 576. The number of carbonyl (C=O) groups excluding carboxylic acids is 1. The van der Waals surface area contributed by atoms with Crippen LogP contribution in [0.1, 0.15) is 46.2 Å². The van der Waals surface area contributed by atoms with Gasteiger partial charge in [-0.05, 0) is 37.0 Å². The van der Waals surface area contributed by atoms with Gasteiger partial charge in [0.2, 0.25) is 0 Å². The highest BCUT2D eigenvalue weighted by Gasteiger charge is 2.41. The summed E-state index contributed by atoms with van der Waals surface area (Å²) in [6, 6.07) is 5.64. The second-order valence-corrected chi connectivity index (χ2v) is 7.33. The first-order valence-corrected chi connectivity index (χ1v) is 7.47. The van der Waals surface area contributed by atoms with Crippen LogP contribution in [0.4, 0.5) is 5.69 Å². The lowest BCUT2D eigenvalue weighted by Gasteiger charge is -2.39. The third-order valence-corrected chi connectivity index (χ3v) is 3.95. The molecule has 1 unspecified atom stereocenters. The van der Waals surface area contributed by atoms with E-state index < -0.39 is 5.60 Å². The van der Waals surface area contributed by atoms with E-state index in [2.05, 4.69) is 20.8 Å².